The van der Waals surface area contributed by atoms with E-state index in [1.165, 1.54) is 19.3 Å². The Hall–Kier alpha value is -2.14. The summed E-state index contributed by atoms with van der Waals surface area (Å²) in [5.41, 5.74) is 3.17. The van der Waals surface area contributed by atoms with Crippen molar-refractivity contribution in [1.29, 1.82) is 0 Å². The number of nitrogens with zero attached hydrogens (tertiary/aromatic N) is 4. The van der Waals surface area contributed by atoms with Gasteiger partial charge < -0.3 is 4.74 Å². The number of hydrogen-bond donors (Lipinski definition) is 0. The van der Waals surface area contributed by atoms with Crippen LogP contribution in [0.1, 0.15) is 52.5 Å². The maximum atomic E-state index is 6.64. The highest BCUT2D eigenvalue weighted by atomic mass is 35.5. The minimum absolute atomic E-state index is 0.350. The van der Waals surface area contributed by atoms with Crippen molar-refractivity contribution in [2.75, 3.05) is 7.11 Å². The molecule has 0 N–H and O–H groups in total. The third kappa shape index (κ3) is 4.41. The Bertz CT molecular complexity index is 908. The number of methoxy groups -OCH3 is 1. The first kappa shape index (κ1) is 19.6. The molecule has 27 heavy (non-hydrogen) atoms. The molecule has 0 aliphatic rings. The van der Waals surface area contributed by atoms with Gasteiger partial charge in [0.2, 0.25) is 5.88 Å². The molecule has 6 heteroatoms. The van der Waals surface area contributed by atoms with Gasteiger partial charge >= 0.3 is 0 Å². The first-order chi connectivity index (χ1) is 13.0. The zero-order valence-corrected chi connectivity index (χ0v) is 17.2. The first-order valence-corrected chi connectivity index (χ1v) is 9.95. The fraction of sp³-hybridized carbons (Fsp3) is 0.476. The smallest absolute Gasteiger partial charge is 0.213 e. The number of hydrogen-bond acceptors (Lipinski definition) is 4. The normalized spacial score (nSPS) is 13.7. The van der Waals surface area contributed by atoms with Gasteiger partial charge in [-0.05, 0) is 31.7 Å². The van der Waals surface area contributed by atoms with Crippen molar-refractivity contribution in [3.63, 3.8) is 0 Å². The number of aromatic nitrogens is 4. The molecule has 5 nitrogen and oxygen atoms in total. The van der Waals surface area contributed by atoms with Crippen LogP contribution in [-0.4, -0.2) is 26.9 Å². The molecule has 3 aromatic heterocycles. The summed E-state index contributed by atoms with van der Waals surface area (Å²) in [7, 11) is 1.59. The molecule has 0 aliphatic heterocycles. The van der Waals surface area contributed by atoms with Crippen LogP contribution in [0.5, 0.6) is 5.88 Å². The van der Waals surface area contributed by atoms with E-state index in [1.54, 1.807) is 19.4 Å². The van der Waals surface area contributed by atoms with Crippen molar-refractivity contribution in [1.82, 2.24) is 19.7 Å². The first-order valence-electron chi connectivity index (χ1n) is 9.57. The summed E-state index contributed by atoms with van der Waals surface area (Å²) in [6.07, 6.45) is 10.5. The highest BCUT2D eigenvalue weighted by Gasteiger charge is 2.15. The Kier molecular flexibility index (Phi) is 6.32. The molecule has 0 spiro atoms. The monoisotopic (exact) mass is 386 g/mol. The van der Waals surface area contributed by atoms with Crippen LogP contribution in [0.3, 0.4) is 0 Å². The van der Waals surface area contributed by atoms with Crippen LogP contribution < -0.4 is 4.74 Å². The van der Waals surface area contributed by atoms with Gasteiger partial charge in [-0.1, -0.05) is 38.3 Å². The highest BCUT2D eigenvalue weighted by molar-refractivity contribution is 6.37. The van der Waals surface area contributed by atoms with Crippen molar-refractivity contribution in [2.24, 2.45) is 5.92 Å². The molecular weight excluding hydrogens is 360 g/mol. The van der Waals surface area contributed by atoms with E-state index < -0.39 is 0 Å². The van der Waals surface area contributed by atoms with E-state index in [2.05, 4.69) is 35.8 Å². The number of halogens is 1. The van der Waals surface area contributed by atoms with Crippen molar-refractivity contribution in [2.45, 2.75) is 52.5 Å². The fourth-order valence-electron chi connectivity index (χ4n) is 3.35. The number of ether oxygens (including phenoxy) is 1. The third-order valence-electron chi connectivity index (χ3n) is 5.06. The highest BCUT2D eigenvalue weighted by Crippen LogP contribution is 2.33. The van der Waals surface area contributed by atoms with Crippen molar-refractivity contribution >= 4 is 22.6 Å². The molecule has 0 bridgehead atoms. The Balaban J connectivity index is 1.82. The van der Waals surface area contributed by atoms with Crippen LogP contribution in [0.25, 0.3) is 22.2 Å². The van der Waals surface area contributed by atoms with Crippen molar-refractivity contribution < 1.29 is 4.74 Å². The molecule has 2 unspecified atom stereocenters. The molecule has 0 radical (unpaired) electrons. The summed E-state index contributed by atoms with van der Waals surface area (Å²) < 4.78 is 7.23. The summed E-state index contributed by atoms with van der Waals surface area (Å²) in [6.45, 7) is 6.78. The van der Waals surface area contributed by atoms with Crippen LogP contribution in [0.4, 0.5) is 0 Å². The van der Waals surface area contributed by atoms with Gasteiger partial charge in [-0.15, -0.1) is 0 Å². The van der Waals surface area contributed by atoms with Crippen LogP contribution in [-0.2, 0) is 0 Å². The molecule has 0 saturated heterocycles. The van der Waals surface area contributed by atoms with Gasteiger partial charge in [0.05, 0.1) is 23.8 Å². The maximum absolute atomic E-state index is 6.64. The zero-order chi connectivity index (χ0) is 19.4. The minimum Gasteiger partial charge on any atom is -0.481 e. The van der Waals surface area contributed by atoms with Gasteiger partial charge in [0, 0.05) is 35.6 Å². The zero-order valence-electron chi connectivity index (χ0n) is 16.4. The molecule has 3 aromatic rings. The van der Waals surface area contributed by atoms with E-state index in [0.29, 0.717) is 22.5 Å². The minimum atomic E-state index is 0.350. The van der Waals surface area contributed by atoms with Gasteiger partial charge in [0.25, 0.3) is 0 Å². The van der Waals surface area contributed by atoms with E-state index in [9.17, 15) is 0 Å². The maximum Gasteiger partial charge on any atom is 0.213 e. The number of fused-ring (bicyclic) bond motifs is 1. The van der Waals surface area contributed by atoms with Gasteiger partial charge in [0.15, 0.2) is 0 Å². The summed E-state index contributed by atoms with van der Waals surface area (Å²) in [6, 6.07) is 3.99. The second kappa shape index (κ2) is 8.70. The topological polar surface area (TPSA) is 52.8 Å². The van der Waals surface area contributed by atoms with Crippen LogP contribution in [0.15, 0.2) is 30.7 Å². The van der Waals surface area contributed by atoms with Gasteiger partial charge in [-0.25, -0.2) is 4.98 Å². The molecular formula is C21H27ClN4O. The van der Waals surface area contributed by atoms with Gasteiger partial charge in [-0.2, -0.15) is 5.10 Å². The number of pyridine rings is 2. The lowest BCUT2D eigenvalue weighted by atomic mass is 9.98. The SMILES string of the molecule is CCCC(C)CCC(C)n1cc(-c2cnc3ccc(OC)nc3c2Cl)cn1. The van der Waals surface area contributed by atoms with Gasteiger partial charge in [0.1, 0.15) is 5.52 Å². The molecule has 144 valence electrons. The Morgan fingerprint density at radius 2 is 1.96 bits per heavy atom. The second-order valence-corrected chi connectivity index (χ2v) is 7.61. The van der Waals surface area contributed by atoms with Crippen LogP contribution >= 0.6 is 11.6 Å². The molecule has 0 fully saturated rings. The second-order valence-electron chi connectivity index (χ2n) is 7.24. The summed E-state index contributed by atoms with van der Waals surface area (Å²) >= 11 is 6.64. The largest absolute Gasteiger partial charge is 0.481 e. The molecule has 0 aliphatic carbocycles. The van der Waals surface area contributed by atoms with E-state index >= 15 is 0 Å². The number of rotatable bonds is 8. The molecule has 0 amide bonds. The Labute approximate surface area is 165 Å². The lowest BCUT2D eigenvalue weighted by Gasteiger charge is -2.15. The average Bonchev–Trinajstić information content (AvgIpc) is 3.16. The molecule has 3 rings (SSSR count). The Morgan fingerprint density at radius 1 is 1.15 bits per heavy atom. The fourth-order valence-corrected chi connectivity index (χ4v) is 3.64. The van der Waals surface area contributed by atoms with E-state index in [4.69, 9.17) is 16.3 Å². The lowest BCUT2D eigenvalue weighted by molar-refractivity contribution is 0.385. The third-order valence-corrected chi connectivity index (χ3v) is 5.44. The van der Waals surface area contributed by atoms with E-state index in [0.717, 1.165) is 29.0 Å². The molecule has 3 heterocycles. The molecule has 0 saturated carbocycles. The summed E-state index contributed by atoms with van der Waals surface area (Å²) in [5.74, 6) is 1.28. The van der Waals surface area contributed by atoms with Crippen molar-refractivity contribution in [3.8, 4) is 17.0 Å². The Morgan fingerprint density at radius 3 is 2.70 bits per heavy atom. The van der Waals surface area contributed by atoms with E-state index in [1.807, 2.05) is 23.1 Å². The lowest BCUT2D eigenvalue weighted by Crippen LogP contribution is -2.07. The standard InChI is InChI=1S/C21H27ClN4O/c1-5-6-14(2)7-8-15(3)26-13-16(11-24-26)17-12-23-18-9-10-19(27-4)25-21(18)20(17)22/h9-15H,5-8H2,1-4H3. The van der Waals surface area contributed by atoms with Gasteiger partial charge in [-0.3, -0.25) is 9.67 Å². The van der Waals surface area contributed by atoms with Crippen molar-refractivity contribution in [3.05, 3.63) is 35.7 Å². The van der Waals surface area contributed by atoms with Crippen LogP contribution in [0.2, 0.25) is 5.02 Å². The molecule has 2 atom stereocenters. The quantitative estimate of drug-likeness (QED) is 0.481. The summed E-state index contributed by atoms with van der Waals surface area (Å²) in [5, 5.41) is 5.13. The predicted octanol–water partition coefficient (Wildman–Crippen LogP) is 5.93. The summed E-state index contributed by atoms with van der Waals surface area (Å²) in [4.78, 5) is 8.93. The predicted molar refractivity (Wildman–Crippen MR) is 110 cm³/mol. The average molecular weight is 387 g/mol. The van der Waals surface area contributed by atoms with E-state index in [-0.39, 0.29) is 0 Å². The molecule has 0 aromatic carbocycles. The van der Waals surface area contributed by atoms with Crippen LogP contribution in [0, 0.1) is 5.92 Å².